The molecule has 0 saturated heterocycles. The van der Waals surface area contributed by atoms with Gasteiger partial charge in [0, 0.05) is 40.9 Å². The first-order valence-electron chi connectivity index (χ1n) is 10.8. The zero-order chi connectivity index (χ0) is 22.9. The van der Waals surface area contributed by atoms with Gasteiger partial charge in [0.15, 0.2) is 0 Å². The molecule has 0 N–H and O–H groups in total. The number of rotatable bonds is 6. The Morgan fingerprint density at radius 3 is 2.73 bits per heavy atom. The Balaban J connectivity index is 1.53. The summed E-state index contributed by atoms with van der Waals surface area (Å²) >= 11 is 0. The van der Waals surface area contributed by atoms with Gasteiger partial charge in [0.1, 0.15) is 11.9 Å². The van der Waals surface area contributed by atoms with Gasteiger partial charge in [0.2, 0.25) is 5.88 Å². The molecule has 0 spiro atoms. The van der Waals surface area contributed by atoms with E-state index < -0.39 is 12.6 Å². The maximum absolute atomic E-state index is 13.5. The van der Waals surface area contributed by atoms with Crippen LogP contribution in [0.4, 0.5) is 13.2 Å². The number of pyridine rings is 1. The number of hydrogen-bond acceptors (Lipinski definition) is 5. The summed E-state index contributed by atoms with van der Waals surface area (Å²) in [5.74, 6) is 0.644. The van der Waals surface area contributed by atoms with E-state index >= 15 is 0 Å². The average molecular weight is 453 g/mol. The van der Waals surface area contributed by atoms with Gasteiger partial charge in [-0.2, -0.15) is 5.10 Å². The number of methoxy groups -OCH3 is 1. The first kappa shape index (κ1) is 21.4. The molecule has 6 nitrogen and oxygen atoms in total. The van der Waals surface area contributed by atoms with E-state index in [0.29, 0.717) is 47.6 Å². The minimum absolute atomic E-state index is 0.252. The van der Waals surface area contributed by atoms with Gasteiger partial charge in [-0.25, -0.2) is 18.2 Å². The van der Waals surface area contributed by atoms with Gasteiger partial charge in [0.05, 0.1) is 24.5 Å². The molecule has 1 fully saturated rings. The maximum atomic E-state index is 13.5. The van der Waals surface area contributed by atoms with Crippen LogP contribution >= 0.6 is 0 Å². The predicted octanol–water partition coefficient (Wildman–Crippen LogP) is 5.64. The van der Waals surface area contributed by atoms with Crippen LogP contribution in [-0.2, 0) is 6.54 Å². The normalized spacial score (nSPS) is 18.3. The summed E-state index contributed by atoms with van der Waals surface area (Å²) in [7, 11) is 1.51. The highest BCUT2D eigenvalue weighted by Crippen LogP contribution is 2.35. The monoisotopic (exact) mass is 453 g/mol. The van der Waals surface area contributed by atoms with E-state index in [0.717, 1.165) is 17.4 Å². The molecule has 3 heterocycles. The predicted molar refractivity (Wildman–Crippen MR) is 118 cm³/mol. The summed E-state index contributed by atoms with van der Waals surface area (Å²) < 4.78 is 47.3. The Bertz CT molecular complexity index is 1290. The molecule has 9 heteroatoms. The van der Waals surface area contributed by atoms with Gasteiger partial charge < -0.3 is 4.74 Å². The van der Waals surface area contributed by atoms with E-state index in [9.17, 15) is 13.2 Å². The van der Waals surface area contributed by atoms with Gasteiger partial charge in [-0.15, -0.1) is 10.2 Å². The van der Waals surface area contributed by atoms with Gasteiger partial charge in [-0.3, -0.25) is 4.68 Å². The molecule has 0 radical (unpaired) electrons. The van der Waals surface area contributed by atoms with Crippen LogP contribution in [-0.4, -0.2) is 38.2 Å². The summed E-state index contributed by atoms with van der Waals surface area (Å²) in [6.45, 7) is 0.631. The molecule has 0 bridgehead atoms. The van der Waals surface area contributed by atoms with Crippen LogP contribution in [0.3, 0.4) is 0 Å². The van der Waals surface area contributed by atoms with Crippen molar-refractivity contribution < 1.29 is 17.9 Å². The second-order valence-corrected chi connectivity index (χ2v) is 8.32. The summed E-state index contributed by atoms with van der Waals surface area (Å²) in [4.78, 5) is 4.27. The molecule has 0 amide bonds. The first-order chi connectivity index (χ1) is 16.0. The van der Waals surface area contributed by atoms with Crippen molar-refractivity contribution in [1.82, 2.24) is 25.0 Å². The van der Waals surface area contributed by atoms with E-state index in [4.69, 9.17) is 4.74 Å². The third-order valence-corrected chi connectivity index (χ3v) is 6.06. The van der Waals surface area contributed by atoms with Gasteiger partial charge >= 0.3 is 0 Å². The van der Waals surface area contributed by atoms with Gasteiger partial charge in [-0.05, 0) is 37.3 Å². The second kappa shape index (κ2) is 8.80. The SMILES string of the molecule is COc1cc2ccc(-c3nc(C(F)F)ccc3-c3cnn(C[C@H]4CC[C@H](F)C4)c3)cc2nn1. The zero-order valence-electron chi connectivity index (χ0n) is 18.0. The van der Waals surface area contributed by atoms with Crippen LogP contribution in [0.1, 0.15) is 31.4 Å². The minimum atomic E-state index is -2.69. The first-order valence-corrected chi connectivity index (χ1v) is 10.8. The van der Waals surface area contributed by atoms with E-state index in [1.165, 1.54) is 13.2 Å². The van der Waals surface area contributed by atoms with Crippen LogP contribution in [0.15, 0.2) is 48.8 Å². The number of aromatic nitrogens is 5. The largest absolute Gasteiger partial charge is 0.480 e. The molecule has 1 aromatic carbocycles. The highest BCUT2D eigenvalue weighted by atomic mass is 19.3. The molecule has 1 saturated carbocycles. The molecule has 2 atom stereocenters. The van der Waals surface area contributed by atoms with Crippen LogP contribution in [0.25, 0.3) is 33.3 Å². The highest BCUT2D eigenvalue weighted by Gasteiger charge is 2.25. The van der Waals surface area contributed by atoms with Crippen molar-refractivity contribution >= 4 is 10.9 Å². The van der Waals surface area contributed by atoms with E-state index in [1.54, 1.807) is 29.1 Å². The van der Waals surface area contributed by atoms with E-state index in [-0.39, 0.29) is 11.6 Å². The molecular formula is C24H22F3N5O. The quantitative estimate of drug-likeness (QED) is 0.378. The Hall–Kier alpha value is -3.49. The third-order valence-electron chi connectivity index (χ3n) is 6.06. The van der Waals surface area contributed by atoms with Crippen LogP contribution < -0.4 is 4.74 Å². The van der Waals surface area contributed by atoms with Crippen molar-refractivity contribution in [3.63, 3.8) is 0 Å². The molecule has 33 heavy (non-hydrogen) atoms. The highest BCUT2D eigenvalue weighted by molar-refractivity contribution is 5.88. The Morgan fingerprint density at radius 2 is 1.97 bits per heavy atom. The number of halogens is 3. The molecule has 5 rings (SSSR count). The fourth-order valence-corrected chi connectivity index (χ4v) is 4.36. The van der Waals surface area contributed by atoms with Crippen molar-refractivity contribution in [3.05, 3.63) is 54.5 Å². The summed E-state index contributed by atoms with van der Waals surface area (Å²) in [5.41, 5.74) is 2.79. The number of fused-ring (bicyclic) bond motifs is 1. The molecule has 170 valence electrons. The average Bonchev–Trinajstić information content (AvgIpc) is 3.46. The number of nitrogens with zero attached hydrogens (tertiary/aromatic N) is 5. The molecule has 1 aliphatic carbocycles. The molecular weight excluding hydrogens is 431 g/mol. The van der Waals surface area contributed by atoms with Crippen molar-refractivity contribution in [2.75, 3.05) is 7.11 Å². The fourth-order valence-electron chi connectivity index (χ4n) is 4.36. The lowest BCUT2D eigenvalue weighted by atomic mass is 10.00. The number of hydrogen-bond donors (Lipinski definition) is 0. The molecule has 4 aromatic rings. The number of benzene rings is 1. The van der Waals surface area contributed by atoms with Crippen LogP contribution in [0.5, 0.6) is 5.88 Å². The topological polar surface area (TPSA) is 65.7 Å². The smallest absolute Gasteiger partial charge is 0.280 e. The molecule has 1 aliphatic rings. The summed E-state index contributed by atoms with van der Waals surface area (Å²) in [5, 5.41) is 13.4. The van der Waals surface area contributed by atoms with Crippen molar-refractivity contribution in [3.8, 4) is 28.3 Å². The lowest BCUT2D eigenvalue weighted by molar-refractivity contribution is 0.146. The standard InChI is InChI=1S/C24H22F3N5O/c1-33-22-10-15-3-4-16(9-21(15)30-31-22)23-19(6-7-20(29-23)24(26)27)17-11-28-32(13-17)12-14-2-5-18(25)8-14/h3-4,6-7,9-11,13-14,18,24H,2,5,8,12H2,1H3/t14-,18-/m0/s1. The maximum Gasteiger partial charge on any atom is 0.280 e. The van der Waals surface area contributed by atoms with E-state index in [2.05, 4.69) is 20.3 Å². The summed E-state index contributed by atoms with van der Waals surface area (Å²) in [6.07, 6.45) is 2.11. The Kier molecular flexibility index (Phi) is 5.70. The van der Waals surface area contributed by atoms with E-state index in [1.807, 2.05) is 18.3 Å². The number of ether oxygens (including phenoxy) is 1. The van der Waals surface area contributed by atoms with Crippen LogP contribution in [0.2, 0.25) is 0 Å². The Morgan fingerprint density at radius 1 is 1.09 bits per heavy atom. The lowest BCUT2D eigenvalue weighted by Crippen LogP contribution is -2.08. The van der Waals surface area contributed by atoms with Crippen LogP contribution in [0, 0.1) is 5.92 Å². The van der Waals surface area contributed by atoms with Gasteiger partial charge in [0.25, 0.3) is 6.43 Å². The fraction of sp³-hybridized carbons (Fsp3) is 0.333. The zero-order valence-corrected chi connectivity index (χ0v) is 18.0. The summed E-state index contributed by atoms with van der Waals surface area (Å²) in [6, 6.07) is 10.1. The van der Waals surface area contributed by atoms with Crippen molar-refractivity contribution in [2.24, 2.45) is 5.92 Å². The minimum Gasteiger partial charge on any atom is -0.480 e. The Labute approximate surface area is 188 Å². The van der Waals surface area contributed by atoms with Gasteiger partial charge in [-0.1, -0.05) is 18.2 Å². The molecule has 0 aliphatic heterocycles. The number of alkyl halides is 3. The third kappa shape index (κ3) is 4.40. The van der Waals surface area contributed by atoms with Crippen molar-refractivity contribution in [2.45, 2.75) is 38.4 Å². The van der Waals surface area contributed by atoms with Crippen molar-refractivity contribution in [1.29, 1.82) is 0 Å². The lowest BCUT2D eigenvalue weighted by Gasteiger charge is -2.11. The molecule has 0 unspecified atom stereocenters. The molecule has 3 aromatic heterocycles. The second-order valence-electron chi connectivity index (χ2n) is 8.32.